The number of likely N-dealkylation sites (N-methyl/N-ethyl adjacent to an activating group) is 1. The highest BCUT2D eigenvalue weighted by atomic mass is 16.7. The van der Waals surface area contributed by atoms with Crippen molar-refractivity contribution in [2.75, 3.05) is 54.2 Å². The Balaban J connectivity index is 1.58. The zero-order valence-corrected chi connectivity index (χ0v) is 21.1. The van der Waals surface area contributed by atoms with Gasteiger partial charge in [-0.25, -0.2) is 0 Å². The van der Waals surface area contributed by atoms with Crippen molar-refractivity contribution < 1.29 is 33.6 Å². The van der Waals surface area contributed by atoms with Crippen LogP contribution in [0.4, 0.5) is 0 Å². The summed E-state index contributed by atoms with van der Waals surface area (Å²) in [4.78, 5) is 14.9. The molecule has 0 spiro atoms. The van der Waals surface area contributed by atoms with Crippen molar-refractivity contribution in [2.24, 2.45) is 0 Å². The minimum absolute atomic E-state index is 0.0405. The van der Waals surface area contributed by atoms with Crippen molar-refractivity contribution in [3.63, 3.8) is 0 Å². The average molecular weight is 498 g/mol. The lowest BCUT2D eigenvalue weighted by Gasteiger charge is -2.32. The van der Waals surface area contributed by atoms with Crippen LogP contribution in [0.5, 0.6) is 0 Å². The van der Waals surface area contributed by atoms with Crippen LogP contribution in [0, 0.1) is 0 Å². The molecule has 2 aromatic rings. The standard InChI is InChI=1S/C28H35NO7/c1-29(18-27(32-2)33-3)28(31)25-16-20(17-26(36-25)35-14-13-34-12-11-30)22-9-6-10-23-21-8-5-4-7-19(21)15-24(22)23/h4-10,16,20,26-27,30H,11-15,17-18H2,1-3H3/t20-,26+/m0/s1. The summed E-state index contributed by atoms with van der Waals surface area (Å²) in [6.07, 6.45) is 2.20. The number of ether oxygens (including phenoxy) is 5. The Hall–Kier alpha value is -2.75. The smallest absolute Gasteiger partial charge is 0.288 e. The monoisotopic (exact) mass is 497 g/mol. The van der Waals surface area contributed by atoms with Gasteiger partial charge in [0.2, 0.25) is 6.29 Å². The predicted octanol–water partition coefficient (Wildman–Crippen LogP) is 3.07. The molecule has 194 valence electrons. The van der Waals surface area contributed by atoms with Crippen molar-refractivity contribution in [2.45, 2.75) is 31.3 Å². The number of aliphatic hydroxyl groups excluding tert-OH is 1. The van der Waals surface area contributed by atoms with Crippen molar-refractivity contribution in [1.29, 1.82) is 0 Å². The molecule has 0 radical (unpaired) electrons. The van der Waals surface area contributed by atoms with Gasteiger partial charge < -0.3 is 33.7 Å². The molecule has 0 unspecified atom stereocenters. The molecule has 0 fully saturated rings. The summed E-state index contributed by atoms with van der Waals surface area (Å²) < 4.78 is 27.8. The Morgan fingerprint density at radius 2 is 1.86 bits per heavy atom. The van der Waals surface area contributed by atoms with Crippen LogP contribution < -0.4 is 0 Å². The maximum atomic E-state index is 13.3. The van der Waals surface area contributed by atoms with Gasteiger partial charge >= 0.3 is 0 Å². The van der Waals surface area contributed by atoms with Crippen LogP contribution in [0.25, 0.3) is 11.1 Å². The lowest BCUT2D eigenvalue weighted by Crippen LogP contribution is -2.39. The van der Waals surface area contributed by atoms with E-state index in [4.69, 9.17) is 28.8 Å². The molecule has 0 saturated carbocycles. The van der Waals surface area contributed by atoms with Gasteiger partial charge in [0.25, 0.3) is 5.91 Å². The molecule has 2 aromatic carbocycles. The number of carbonyl (C=O) groups excluding carboxylic acids is 1. The number of carbonyl (C=O) groups is 1. The number of hydrogen-bond donors (Lipinski definition) is 1. The first-order chi connectivity index (χ1) is 17.5. The second-order valence-electron chi connectivity index (χ2n) is 8.92. The largest absolute Gasteiger partial charge is 0.459 e. The third-order valence-electron chi connectivity index (χ3n) is 6.62. The minimum Gasteiger partial charge on any atom is -0.459 e. The van der Waals surface area contributed by atoms with E-state index >= 15 is 0 Å². The van der Waals surface area contributed by atoms with Gasteiger partial charge in [0.05, 0.1) is 33.0 Å². The van der Waals surface area contributed by atoms with E-state index in [2.05, 4.69) is 42.5 Å². The number of aliphatic hydroxyl groups is 1. The van der Waals surface area contributed by atoms with Crippen LogP contribution >= 0.6 is 0 Å². The van der Waals surface area contributed by atoms with Crippen LogP contribution in [0.15, 0.2) is 54.3 Å². The molecule has 1 heterocycles. The zero-order chi connectivity index (χ0) is 25.5. The van der Waals surface area contributed by atoms with E-state index in [1.54, 1.807) is 7.05 Å². The summed E-state index contributed by atoms with van der Waals surface area (Å²) in [7, 11) is 4.77. The fourth-order valence-corrected chi connectivity index (χ4v) is 4.80. The van der Waals surface area contributed by atoms with Gasteiger partial charge in [-0.3, -0.25) is 4.79 Å². The fourth-order valence-electron chi connectivity index (χ4n) is 4.80. The molecule has 0 saturated heterocycles. The molecule has 1 amide bonds. The number of amides is 1. The van der Waals surface area contributed by atoms with Crippen molar-refractivity contribution in [3.05, 3.63) is 71.0 Å². The fraction of sp³-hybridized carbons (Fsp3) is 0.464. The highest BCUT2D eigenvalue weighted by molar-refractivity contribution is 5.91. The first kappa shape index (κ1) is 26.3. The molecule has 1 aliphatic carbocycles. The molecule has 36 heavy (non-hydrogen) atoms. The van der Waals surface area contributed by atoms with E-state index in [1.807, 2.05) is 6.08 Å². The normalized spacial score (nSPS) is 18.4. The lowest BCUT2D eigenvalue weighted by atomic mass is 9.87. The van der Waals surface area contributed by atoms with Gasteiger partial charge in [-0.05, 0) is 40.3 Å². The number of benzene rings is 2. The van der Waals surface area contributed by atoms with E-state index < -0.39 is 12.6 Å². The summed E-state index contributed by atoms with van der Waals surface area (Å²) >= 11 is 0. The SMILES string of the molecule is COC(CN(C)C(=O)C1=C[C@H](c2cccc3c2Cc2ccccc2-3)C[C@H](OCCOCCO)O1)OC. The summed E-state index contributed by atoms with van der Waals surface area (Å²) in [6.45, 7) is 1.09. The van der Waals surface area contributed by atoms with Gasteiger partial charge in [0, 0.05) is 33.6 Å². The summed E-state index contributed by atoms with van der Waals surface area (Å²) in [6, 6.07) is 14.8. The second kappa shape index (κ2) is 12.5. The Morgan fingerprint density at radius 1 is 1.08 bits per heavy atom. The third-order valence-corrected chi connectivity index (χ3v) is 6.62. The van der Waals surface area contributed by atoms with E-state index in [1.165, 1.54) is 46.9 Å². The third kappa shape index (κ3) is 5.96. The number of rotatable bonds is 12. The Kier molecular flexibility index (Phi) is 9.12. The van der Waals surface area contributed by atoms with Crippen LogP contribution in [0.1, 0.15) is 29.0 Å². The Labute approximate surface area is 212 Å². The average Bonchev–Trinajstić information content (AvgIpc) is 3.29. The molecule has 1 N–H and O–H groups in total. The molecule has 4 rings (SSSR count). The number of methoxy groups -OCH3 is 2. The Bertz CT molecular complexity index is 1070. The van der Waals surface area contributed by atoms with E-state index in [0.29, 0.717) is 19.6 Å². The topological polar surface area (TPSA) is 86.7 Å². The molecule has 8 nitrogen and oxygen atoms in total. The number of fused-ring (bicyclic) bond motifs is 3. The molecule has 1 aliphatic heterocycles. The molecule has 2 atom stereocenters. The number of nitrogens with zero attached hydrogens (tertiary/aromatic N) is 1. The first-order valence-corrected chi connectivity index (χ1v) is 12.3. The van der Waals surface area contributed by atoms with Gasteiger partial charge in [0.15, 0.2) is 12.0 Å². The first-order valence-electron chi connectivity index (χ1n) is 12.3. The lowest BCUT2D eigenvalue weighted by molar-refractivity contribution is -0.161. The molecule has 0 bridgehead atoms. The quantitative estimate of drug-likeness (QED) is 0.304. The number of allylic oxidation sites excluding steroid dienone is 1. The van der Waals surface area contributed by atoms with Crippen molar-refractivity contribution in [1.82, 2.24) is 4.90 Å². The summed E-state index contributed by atoms with van der Waals surface area (Å²) in [5, 5.41) is 8.90. The van der Waals surface area contributed by atoms with Crippen LogP contribution in [0.3, 0.4) is 0 Å². The van der Waals surface area contributed by atoms with Gasteiger partial charge in [-0.2, -0.15) is 0 Å². The molecule has 0 aromatic heterocycles. The van der Waals surface area contributed by atoms with E-state index in [-0.39, 0.29) is 37.3 Å². The molecular weight excluding hydrogens is 462 g/mol. The van der Waals surface area contributed by atoms with Crippen molar-refractivity contribution in [3.8, 4) is 11.1 Å². The minimum atomic E-state index is -0.606. The van der Waals surface area contributed by atoms with Gasteiger partial charge in [0.1, 0.15) is 0 Å². The highest BCUT2D eigenvalue weighted by Gasteiger charge is 2.33. The van der Waals surface area contributed by atoms with Gasteiger partial charge in [-0.1, -0.05) is 42.5 Å². The van der Waals surface area contributed by atoms with Crippen LogP contribution in [-0.4, -0.2) is 82.7 Å². The zero-order valence-electron chi connectivity index (χ0n) is 21.1. The number of hydrogen-bond acceptors (Lipinski definition) is 7. The van der Waals surface area contributed by atoms with E-state index in [0.717, 1.165) is 6.42 Å². The van der Waals surface area contributed by atoms with E-state index in [9.17, 15) is 4.79 Å². The van der Waals surface area contributed by atoms with Crippen LogP contribution in [-0.2, 0) is 34.9 Å². The summed E-state index contributed by atoms with van der Waals surface area (Å²) in [5.41, 5.74) is 6.28. The maximum Gasteiger partial charge on any atom is 0.288 e. The molecular formula is C28H35NO7. The van der Waals surface area contributed by atoms with Gasteiger partial charge in [-0.15, -0.1) is 0 Å². The summed E-state index contributed by atoms with van der Waals surface area (Å²) in [5.74, 6) is -0.0757. The maximum absolute atomic E-state index is 13.3. The Morgan fingerprint density at radius 3 is 2.64 bits per heavy atom. The molecule has 8 heteroatoms. The second-order valence-corrected chi connectivity index (χ2v) is 8.92. The van der Waals surface area contributed by atoms with Crippen LogP contribution in [0.2, 0.25) is 0 Å². The van der Waals surface area contributed by atoms with Crippen molar-refractivity contribution >= 4 is 5.91 Å². The molecule has 2 aliphatic rings. The predicted molar refractivity (Wildman–Crippen MR) is 134 cm³/mol. The highest BCUT2D eigenvalue weighted by Crippen LogP contribution is 2.43.